The molecule has 0 heterocycles. The Morgan fingerprint density at radius 1 is 1.14 bits per heavy atom. The van der Waals surface area contributed by atoms with Gasteiger partial charge in [0.2, 0.25) is 5.91 Å². The number of nitrogens with two attached hydrogens (primary N) is 1. The van der Waals surface area contributed by atoms with E-state index in [9.17, 15) is 18.0 Å². The third-order valence-corrected chi connectivity index (χ3v) is 4.21. The Labute approximate surface area is 123 Å². The predicted octanol–water partition coefficient (Wildman–Crippen LogP) is 0.142. The number of amides is 1. The van der Waals surface area contributed by atoms with Gasteiger partial charge in [-0.3, -0.25) is 4.79 Å². The number of esters is 1. The molecule has 0 unspecified atom stereocenters. The Morgan fingerprint density at radius 2 is 1.76 bits per heavy atom. The van der Waals surface area contributed by atoms with Crippen molar-refractivity contribution in [2.24, 2.45) is 5.73 Å². The molecule has 0 spiro atoms. The first-order valence-electron chi connectivity index (χ1n) is 6.14. The largest absolute Gasteiger partial charge is 0.493 e. The molecule has 1 amide bonds. The second-order valence-electron chi connectivity index (χ2n) is 4.23. The average molecular weight is 315 g/mol. The molecule has 1 aromatic rings. The molecule has 0 atom stereocenters. The fourth-order valence-corrected chi connectivity index (χ4v) is 2.50. The molecule has 1 rings (SSSR count). The number of methoxy groups -OCH3 is 1. The molecule has 116 valence electrons. The number of carbonyl (C=O) groups excluding carboxylic acids is 2. The minimum atomic E-state index is -3.37. The van der Waals surface area contributed by atoms with Crippen LogP contribution in [0.15, 0.2) is 24.3 Å². The van der Waals surface area contributed by atoms with Crippen molar-refractivity contribution in [1.29, 1.82) is 0 Å². The number of primary amides is 1. The maximum Gasteiger partial charge on any atom is 0.337 e. The van der Waals surface area contributed by atoms with Crippen LogP contribution in [0.25, 0.3) is 0 Å². The van der Waals surface area contributed by atoms with Gasteiger partial charge in [0, 0.05) is 6.42 Å². The SMILES string of the molecule is COC(=O)c1ccc(OCCS(=O)(=O)CCC(N)=O)cc1. The third kappa shape index (κ3) is 6.26. The minimum Gasteiger partial charge on any atom is -0.493 e. The van der Waals surface area contributed by atoms with Crippen LogP contribution >= 0.6 is 0 Å². The standard InChI is InChI=1S/C13H17NO6S/c1-19-13(16)10-2-4-11(5-3-10)20-7-9-21(17,18)8-6-12(14)15/h2-5H,6-9H2,1H3,(H2,14,15). The lowest BCUT2D eigenvalue weighted by Gasteiger charge is -2.07. The number of ether oxygens (including phenoxy) is 2. The van der Waals surface area contributed by atoms with E-state index in [0.29, 0.717) is 11.3 Å². The Morgan fingerprint density at radius 3 is 2.29 bits per heavy atom. The van der Waals surface area contributed by atoms with Crippen LogP contribution in [0, 0.1) is 0 Å². The number of carbonyl (C=O) groups is 2. The summed E-state index contributed by atoms with van der Waals surface area (Å²) < 4.78 is 32.9. The lowest BCUT2D eigenvalue weighted by molar-refractivity contribution is -0.117. The Bertz CT molecular complexity index is 594. The molecule has 0 aliphatic heterocycles. The van der Waals surface area contributed by atoms with Crippen molar-refractivity contribution in [2.45, 2.75) is 6.42 Å². The topological polar surface area (TPSA) is 113 Å². The highest BCUT2D eigenvalue weighted by Crippen LogP contribution is 2.13. The van der Waals surface area contributed by atoms with Gasteiger partial charge in [0.05, 0.1) is 24.2 Å². The van der Waals surface area contributed by atoms with Crippen LogP contribution in [0.4, 0.5) is 0 Å². The van der Waals surface area contributed by atoms with E-state index in [2.05, 4.69) is 4.74 Å². The number of hydrogen-bond donors (Lipinski definition) is 1. The van der Waals surface area contributed by atoms with Gasteiger partial charge in [0.1, 0.15) is 12.4 Å². The van der Waals surface area contributed by atoms with Crippen LogP contribution < -0.4 is 10.5 Å². The molecule has 0 saturated carbocycles. The quantitative estimate of drug-likeness (QED) is 0.683. The summed E-state index contributed by atoms with van der Waals surface area (Å²) >= 11 is 0. The molecule has 0 bridgehead atoms. The summed E-state index contributed by atoms with van der Waals surface area (Å²) in [5.41, 5.74) is 5.27. The Hall–Kier alpha value is -2.09. The zero-order chi connectivity index (χ0) is 15.9. The van der Waals surface area contributed by atoms with Gasteiger partial charge in [-0.05, 0) is 24.3 Å². The summed E-state index contributed by atoms with van der Waals surface area (Å²) in [6.07, 6.45) is -0.198. The van der Waals surface area contributed by atoms with E-state index in [4.69, 9.17) is 10.5 Å². The minimum absolute atomic E-state index is 0.0430. The van der Waals surface area contributed by atoms with Gasteiger partial charge in [0.15, 0.2) is 9.84 Å². The second-order valence-corrected chi connectivity index (χ2v) is 6.54. The van der Waals surface area contributed by atoms with Crippen molar-refractivity contribution in [1.82, 2.24) is 0 Å². The van der Waals surface area contributed by atoms with Crippen LogP contribution in [0.1, 0.15) is 16.8 Å². The monoisotopic (exact) mass is 315 g/mol. The third-order valence-electron chi connectivity index (χ3n) is 2.60. The van der Waals surface area contributed by atoms with E-state index in [1.807, 2.05) is 0 Å². The van der Waals surface area contributed by atoms with Gasteiger partial charge in [-0.2, -0.15) is 0 Å². The average Bonchev–Trinajstić information content (AvgIpc) is 2.45. The van der Waals surface area contributed by atoms with Crippen LogP contribution in [0.5, 0.6) is 5.75 Å². The summed E-state index contributed by atoms with van der Waals surface area (Å²) in [5, 5.41) is 0. The fourth-order valence-electron chi connectivity index (χ4n) is 1.45. The first kappa shape index (κ1) is 17.0. The van der Waals surface area contributed by atoms with Crippen molar-refractivity contribution in [3.8, 4) is 5.75 Å². The molecule has 0 aliphatic rings. The number of benzene rings is 1. The van der Waals surface area contributed by atoms with E-state index >= 15 is 0 Å². The fraction of sp³-hybridized carbons (Fsp3) is 0.385. The molecule has 21 heavy (non-hydrogen) atoms. The van der Waals surface area contributed by atoms with E-state index in [1.165, 1.54) is 19.2 Å². The summed E-state index contributed by atoms with van der Waals surface area (Å²) in [6.45, 7) is -0.0430. The molecular formula is C13H17NO6S. The van der Waals surface area contributed by atoms with Crippen LogP contribution in [-0.2, 0) is 19.4 Å². The Balaban J connectivity index is 2.45. The van der Waals surface area contributed by atoms with Crippen molar-refractivity contribution < 1.29 is 27.5 Å². The number of sulfone groups is 1. The van der Waals surface area contributed by atoms with E-state index < -0.39 is 21.7 Å². The van der Waals surface area contributed by atoms with Gasteiger partial charge < -0.3 is 15.2 Å². The van der Waals surface area contributed by atoms with E-state index in [1.54, 1.807) is 12.1 Å². The number of rotatable bonds is 8. The molecule has 7 nitrogen and oxygen atoms in total. The van der Waals surface area contributed by atoms with Crippen LogP contribution in [-0.4, -0.2) is 45.5 Å². The molecule has 0 fully saturated rings. The van der Waals surface area contributed by atoms with Gasteiger partial charge in [0.25, 0.3) is 0 Å². The highest BCUT2D eigenvalue weighted by atomic mass is 32.2. The second kappa shape index (κ2) is 7.63. The van der Waals surface area contributed by atoms with E-state index in [-0.39, 0.29) is 24.5 Å². The molecule has 2 N–H and O–H groups in total. The normalized spacial score (nSPS) is 10.9. The summed E-state index contributed by atoms with van der Waals surface area (Å²) in [5.74, 6) is -1.17. The van der Waals surface area contributed by atoms with Gasteiger partial charge in [-0.15, -0.1) is 0 Å². The molecule has 0 radical (unpaired) electrons. The molecule has 8 heteroatoms. The molecule has 1 aromatic carbocycles. The summed E-state index contributed by atoms with van der Waals surface area (Å²) in [6, 6.07) is 6.12. The van der Waals surface area contributed by atoms with Crippen LogP contribution in [0.2, 0.25) is 0 Å². The maximum atomic E-state index is 11.6. The molecule has 0 saturated heterocycles. The summed E-state index contributed by atoms with van der Waals surface area (Å²) in [7, 11) is -2.09. The Kier molecular flexibility index (Phi) is 6.16. The van der Waals surface area contributed by atoms with Crippen molar-refractivity contribution in [2.75, 3.05) is 25.2 Å². The highest BCUT2D eigenvalue weighted by molar-refractivity contribution is 7.91. The lowest BCUT2D eigenvalue weighted by atomic mass is 10.2. The zero-order valence-electron chi connectivity index (χ0n) is 11.6. The van der Waals surface area contributed by atoms with Crippen molar-refractivity contribution in [3.63, 3.8) is 0 Å². The molecular weight excluding hydrogens is 298 g/mol. The number of hydrogen-bond acceptors (Lipinski definition) is 6. The van der Waals surface area contributed by atoms with Gasteiger partial charge >= 0.3 is 5.97 Å². The smallest absolute Gasteiger partial charge is 0.337 e. The molecule has 0 aliphatic carbocycles. The van der Waals surface area contributed by atoms with Crippen molar-refractivity contribution >= 4 is 21.7 Å². The van der Waals surface area contributed by atoms with Crippen molar-refractivity contribution in [3.05, 3.63) is 29.8 Å². The predicted molar refractivity (Wildman–Crippen MR) is 75.7 cm³/mol. The molecule has 0 aromatic heterocycles. The van der Waals surface area contributed by atoms with Gasteiger partial charge in [-0.1, -0.05) is 0 Å². The first-order chi connectivity index (χ1) is 9.84. The lowest BCUT2D eigenvalue weighted by Crippen LogP contribution is -2.21. The van der Waals surface area contributed by atoms with E-state index in [0.717, 1.165) is 0 Å². The maximum absolute atomic E-state index is 11.6. The first-order valence-corrected chi connectivity index (χ1v) is 7.96. The van der Waals surface area contributed by atoms with Crippen LogP contribution in [0.3, 0.4) is 0 Å². The summed E-state index contributed by atoms with van der Waals surface area (Å²) in [4.78, 5) is 21.8. The zero-order valence-corrected chi connectivity index (χ0v) is 12.4. The van der Waals surface area contributed by atoms with Gasteiger partial charge in [-0.25, -0.2) is 13.2 Å². The highest BCUT2D eigenvalue weighted by Gasteiger charge is 2.12.